The normalized spacial score (nSPS) is 14.0. The van der Waals surface area contributed by atoms with Crippen molar-refractivity contribution < 1.29 is 9.53 Å². The Hall–Kier alpha value is -2.89. The van der Waals surface area contributed by atoms with Gasteiger partial charge in [0.1, 0.15) is 5.82 Å². The van der Waals surface area contributed by atoms with Crippen molar-refractivity contribution in [3.63, 3.8) is 0 Å². The van der Waals surface area contributed by atoms with E-state index in [2.05, 4.69) is 37.2 Å². The highest BCUT2D eigenvalue weighted by molar-refractivity contribution is 8.00. The van der Waals surface area contributed by atoms with E-state index in [9.17, 15) is 4.79 Å². The summed E-state index contributed by atoms with van der Waals surface area (Å²) in [5.41, 5.74) is 7.13. The van der Waals surface area contributed by atoms with Crippen LogP contribution in [0, 0.1) is 0 Å². The number of ether oxygens (including phenoxy) is 1. The first-order chi connectivity index (χ1) is 15.6. The minimum atomic E-state index is -0.634. The number of nitrogens with zero attached hydrogens (tertiary/aromatic N) is 3. The number of hydrogen-bond acceptors (Lipinski definition) is 10. The summed E-state index contributed by atoms with van der Waals surface area (Å²) in [7, 11) is 0. The van der Waals surface area contributed by atoms with Crippen molar-refractivity contribution in [1.82, 2.24) is 19.7 Å². The van der Waals surface area contributed by atoms with Crippen molar-refractivity contribution in [3.8, 4) is 0 Å². The molecule has 2 aromatic heterocycles. The molecule has 0 aliphatic carbocycles. The van der Waals surface area contributed by atoms with Crippen LogP contribution in [0.2, 0.25) is 0 Å². The molecule has 0 saturated carbocycles. The van der Waals surface area contributed by atoms with E-state index < -0.39 is 5.91 Å². The highest BCUT2D eigenvalue weighted by atomic mass is 32.2. The van der Waals surface area contributed by atoms with E-state index in [-0.39, 0.29) is 11.7 Å². The Morgan fingerprint density at radius 2 is 2.12 bits per heavy atom. The number of aromatic nitrogens is 3. The number of carbonyl (C=O) groups is 1. The van der Waals surface area contributed by atoms with Gasteiger partial charge in [0.25, 0.3) is 5.91 Å². The number of nitrogens with two attached hydrogens (primary N) is 1. The molecular weight excluding hydrogens is 428 g/mol. The monoisotopic (exact) mass is 458 g/mol. The maximum absolute atomic E-state index is 12.1. The first kappa shape index (κ1) is 23.8. The molecule has 1 fully saturated rings. The Labute approximate surface area is 192 Å². The van der Waals surface area contributed by atoms with Gasteiger partial charge >= 0.3 is 0 Å². The van der Waals surface area contributed by atoms with Crippen LogP contribution >= 0.6 is 11.9 Å². The number of aryl methyl sites for hydroxylation is 1. The summed E-state index contributed by atoms with van der Waals surface area (Å²) in [6.45, 7) is 8.47. The lowest BCUT2D eigenvalue weighted by Gasteiger charge is -2.25. The predicted octanol–water partition coefficient (Wildman–Crippen LogP) is 2.66. The fraction of sp³-hybridized carbons (Fsp3) is 0.429. The van der Waals surface area contributed by atoms with E-state index in [0.29, 0.717) is 55.0 Å². The largest absolute Gasteiger partial charge is 0.381 e. The fourth-order valence-electron chi connectivity index (χ4n) is 3.23. The fourth-order valence-corrected chi connectivity index (χ4v) is 3.57. The quantitative estimate of drug-likeness (QED) is 0.238. The van der Waals surface area contributed by atoms with Crippen LogP contribution in [0.5, 0.6) is 0 Å². The second-order valence-corrected chi connectivity index (χ2v) is 7.98. The molecule has 2 aromatic rings. The van der Waals surface area contributed by atoms with Gasteiger partial charge in [-0.2, -0.15) is 0 Å². The highest BCUT2D eigenvalue weighted by Gasteiger charge is 2.20. The van der Waals surface area contributed by atoms with Gasteiger partial charge in [0.15, 0.2) is 17.3 Å². The molecule has 1 aliphatic rings. The SMILES string of the molecule is C=CSNCCNc1cc(Nc2nc(NC3CCOCC3)c(CC)nc2C(N)=O)ccn1. The van der Waals surface area contributed by atoms with Crippen LogP contribution in [0.1, 0.15) is 35.9 Å². The number of nitrogens with one attached hydrogen (secondary N) is 4. The molecule has 0 unspecified atom stereocenters. The first-order valence-corrected chi connectivity index (χ1v) is 11.5. The van der Waals surface area contributed by atoms with Gasteiger partial charge < -0.3 is 26.4 Å². The van der Waals surface area contributed by atoms with Gasteiger partial charge in [-0.15, -0.1) is 0 Å². The number of anilines is 4. The van der Waals surface area contributed by atoms with Gasteiger partial charge in [-0.05, 0) is 30.7 Å². The molecule has 1 amide bonds. The van der Waals surface area contributed by atoms with Crippen LogP contribution in [-0.2, 0) is 11.2 Å². The molecule has 32 heavy (non-hydrogen) atoms. The number of carbonyl (C=O) groups excluding carboxylic acids is 1. The van der Waals surface area contributed by atoms with Gasteiger partial charge in [-0.1, -0.05) is 25.5 Å². The zero-order valence-corrected chi connectivity index (χ0v) is 19.0. The molecule has 6 N–H and O–H groups in total. The van der Waals surface area contributed by atoms with Crippen molar-refractivity contribution in [1.29, 1.82) is 0 Å². The molecule has 0 spiro atoms. The van der Waals surface area contributed by atoms with E-state index >= 15 is 0 Å². The van der Waals surface area contributed by atoms with Gasteiger partial charge in [-0.3, -0.25) is 9.52 Å². The lowest BCUT2D eigenvalue weighted by atomic mass is 10.1. The number of rotatable bonds is 12. The maximum Gasteiger partial charge on any atom is 0.271 e. The van der Waals surface area contributed by atoms with Crippen LogP contribution in [0.3, 0.4) is 0 Å². The third-order valence-electron chi connectivity index (χ3n) is 4.82. The third kappa shape index (κ3) is 6.81. The topological polar surface area (TPSA) is 139 Å². The summed E-state index contributed by atoms with van der Waals surface area (Å²) in [5, 5.41) is 11.6. The minimum Gasteiger partial charge on any atom is -0.381 e. The summed E-state index contributed by atoms with van der Waals surface area (Å²) in [4.78, 5) is 25.6. The van der Waals surface area contributed by atoms with Crippen molar-refractivity contribution in [2.75, 3.05) is 42.3 Å². The maximum atomic E-state index is 12.1. The number of amides is 1. The van der Waals surface area contributed by atoms with Gasteiger partial charge in [-0.25, -0.2) is 15.0 Å². The lowest BCUT2D eigenvalue weighted by molar-refractivity contribution is 0.0903. The number of primary amides is 1. The Morgan fingerprint density at radius 1 is 1.31 bits per heavy atom. The van der Waals surface area contributed by atoms with E-state index in [1.165, 1.54) is 11.9 Å². The smallest absolute Gasteiger partial charge is 0.271 e. The van der Waals surface area contributed by atoms with E-state index in [4.69, 9.17) is 15.5 Å². The summed E-state index contributed by atoms with van der Waals surface area (Å²) in [6.07, 6.45) is 4.09. The Balaban J connectivity index is 1.78. The lowest BCUT2D eigenvalue weighted by Crippen LogP contribution is -2.29. The van der Waals surface area contributed by atoms with Crippen LogP contribution in [-0.4, -0.2) is 53.2 Å². The molecular formula is C21H30N8O2S. The zero-order chi connectivity index (χ0) is 22.8. The van der Waals surface area contributed by atoms with Gasteiger partial charge in [0.2, 0.25) is 0 Å². The number of hydrogen-bond donors (Lipinski definition) is 5. The van der Waals surface area contributed by atoms with Crippen molar-refractivity contribution in [3.05, 3.63) is 41.7 Å². The Morgan fingerprint density at radius 3 is 2.84 bits per heavy atom. The minimum absolute atomic E-state index is 0.108. The highest BCUT2D eigenvalue weighted by Crippen LogP contribution is 2.25. The van der Waals surface area contributed by atoms with Crippen molar-refractivity contribution in [2.24, 2.45) is 5.73 Å². The molecule has 172 valence electrons. The van der Waals surface area contributed by atoms with E-state index in [1.54, 1.807) is 17.7 Å². The molecule has 11 heteroatoms. The summed E-state index contributed by atoms with van der Waals surface area (Å²) in [6, 6.07) is 3.88. The van der Waals surface area contributed by atoms with E-state index in [0.717, 1.165) is 19.4 Å². The molecule has 3 heterocycles. The Kier molecular flexibility index (Phi) is 9.08. The Bertz CT molecular complexity index is 921. The zero-order valence-electron chi connectivity index (χ0n) is 18.2. The van der Waals surface area contributed by atoms with Gasteiger partial charge in [0, 0.05) is 50.3 Å². The molecule has 1 saturated heterocycles. The van der Waals surface area contributed by atoms with Crippen molar-refractivity contribution in [2.45, 2.75) is 32.2 Å². The first-order valence-electron chi connectivity index (χ1n) is 10.6. The molecule has 0 radical (unpaired) electrons. The predicted molar refractivity (Wildman–Crippen MR) is 129 cm³/mol. The number of pyridine rings is 1. The van der Waals surface area contributed by atoms with Crippen LogP contribution < -0.4 is 26.4 Å². The molecule has 0 atom stereocenters. The second-order valence-electron chi connectivity index (χ2n) is 7.13. The van der Waals surface area contributed by atoms with E-state index in [1.807, 2.05) is 13.0 Å². The molecule has 1 aliphatic heterocycles. The average molecular weight is 459 g/mol. The van der Waals surface area contributed by atoms with Crippen LogP contribution in [0.15, 0.2) is 30.3 Å². The standard InChI is InChI=1S/C21H30N8O2S/c1-3-16-20(26-14-6-11-31-12-7-14)29-21(18(28-16)19(22)30)27-15-5-8-23-17(13-15)24-9-10-25-32-4-2/h4-5,8,13-14,25H,2-3,6-7,9-12H2,1H3,(H2,22,30)(H3,23,24,26,27,29). The average Bonchev–Trinajstić information content (AvgIpc) is 2.80. The molecule has 10 nitrogen and oxygen atoms in total. The summed E-state index contributed by atoms with van der Waals surface area (Å²) >= 11 is 1.44. The molecule has 3 rings (SSSR count). The van der Waals surface area contributed by atoms with Gasteiger partial charge in [0.05, 0.1) is 5.69 Å². The van der Waals surface area contributed by atoms with Crippen molar-refractivity contribution >= 4 is 41.0 Å². The molecule has 0 aromatic carbocycles. The van der Waals surface area contributed by atoms with Crippen LogP contribution in [0.4, 0.5) is 23.1 Å². The summed E-state index contributed by atoms with van der Waals surface area (Å²) in [5.74, 6) is 1.03. The third-order valence-corrected chi connectivity index (χ3v) is 5.36. The summed E-state index contributed by atoms with van der Waals surface area (Å²) < 4.78 is 8.57. The second kappa shape index (κ2) is 12.2. The van der Waals surface area contributed by atoms with Crippen LogP contribution in [0.25, 0.3) is 0 Å². The molecule has 0 bridgehead atoms.